The SMILES string of the molecule is CC1CN(C)CCCN1c1nc(Cl)nc2ccccc12. The van der Waals surface area contributed by atoms with Gasteiger partial charge in [0.2, 0.25) is 5.28 Å². The second-order valence-corrected chi connectivity index (χ2v) is 5.83. The lowest BCUT2D eigenvalue weighted by Crippen LogP contribution is -2.38. The third-order valence-electron chi connectivity index (χ3n) is 3.87. The van der Waals surface area contributed by atoms with Crippen molar-refractivity contribution < 1.29 is 0 Å². The van der Waals surface area contributed by atoms with E-state index in [1.54, 1.807) is 0 Å². The zero-order valence-corrected chi connectivity index (χ0v) is 12.6. The molecule has 2 heterocycles. The van der Waals surface area contributed by atoms with E-state index in [0.29, 0.717) is 11.3 Å². The number of aromatic nitrogens is 2. The summed E-state index contributed by atoms with van der Waals surface area (Å²) >= 11 is 6.10. The fraction of sp³-hybridized carbons (Fsp3) is 0.467. The standard InChI is InChI=1S/C15H19ClN4/c1-11-10-19(2)8-5-9-20(11)14-12-6-3-4-7-13(12)17-15(16)18-14/h3-4,6-7,11H,5,8-10H2,1-2H3. The van der Waals surface area contributed by atoms with E-state index in [4.69, 9.17) is 11.6 Å². The second kappa shape index (κ2) is 5.54. The predicted molar refractivity (Wildman–Crippen MR) is 83.5 cm³/mol. The average Bonchev–Trinajstić information content (AvgIpc) is 2.58. The largest absolute Gasteiger partial charge is 0.352 e. The fourth-order valence-electron chi connectivity index (χ4n) is 2.94. The molecule has 0 N–H and O–H groups in total. The number of anilines is 1. The van der Waals surface area contributed by atoms with Crippen LogP contribution in [0.3, 0.4) is 0 Å². The highest BCUT2D eigenvalue weighted by Crippen LogP contribution is 2.27. The van der Waals surface area contributed by atoms with Crippen molar-refractivity contribution in [3.8, 4) is 0 Å². The number of fused-ring (bicyclic) bond motifs is 1. The lowest BCUT2D eigenvalue weighted by atomic mass is 10.2. The first-order valence-electron chi connectivity index (χ1n) is 7.02. The number of likely N-dealkylation sites (N-methyl/N-ethyl adjacent to an activating group) is 1. The van der Waals surface area contributed by atoms with Gasteiger partial charge < -0.3 is 9.80 Å². The Balaban J connectivity index is 2.08. The minimum absolute atomic E-state index is 0.323. The summed E-state index contributed by atoms with van der Waals surface area (Å²) in [4.78, 5) is 13.5. The molecule has 5 heteroatoms. The lowest BCUT2D eigenvalue weighted by Gasteiger charge is -2.29. The van der Waals surface area contributed by atoms with E-state index in [0.717, 1.165) is 42.8 Å². The van der Waals surface area contributed by atoms with Gasteiger partial charge in [-0.15, -0.1) is 0 Å². The molecule has 0 radical (unpaired) electrons. The molecule has 20 heavy (non-hydrogen) atoms. The summed E-state index contributed by atoms with van der Waals surface area (Å²) in [6.07, 6.45) is 1.14. The van der Waals surface area contributed by atoms with Gasteiger partial charge in [0, 0.05) is 24.5 Å². The van der Waals surface area contributed by atoms with Crippen molar-refractivity contribution in [3.63, 3.8) is 0 Å². The van der Waals surface area contributed by atoms with Gasteiger partial charge in [-0.1, -0.05) is 12.1 Å². The Hall–Kier alpha value is -1.39. The van der Waals surface area contributed by atoms with Crippen LogP contribution in [0, 0.1) is 0 Å². The fourth-order valence-corrected chi connectivity index (χ4v) is 3.11. The zero-order valence-electron chi connectivity index (χ0n) is 11.9. The molecule has 1 atom stereocenters. The van der Waals surface area contributed by atoms with Crippen molar-refractivity contribution >= 4 is 28.3 Å². The Labute approximate surface area is 124 Å². The number of nitrogens with zero attached hydrogens (tertiary/aromatic N) is 4. The Bertz CT molecular complexity index is 616. The van der Waals surface area contributed by atoms with Gasteiger partial charge in [0.15, 0.2) is 0 Å². The van der Waals surface area contributed by atoms with Gasteiger partial charge in [0.05, 0.1) is 5.52 Å². The molecule has 3 rings (SSSR count). The van der Waals surface area contributed by atoms with Crippen LogP contribution in [0.1, 0.15) is 13.3 Å². The van der Waals surface area contributed by atoms with Gasteiger partial charge in [-0.2, -0.15) is 4.98 Å². The minimum atomic E-state index is 0.323. The molecule has 2 aromatic rings. The highest BCUT2D eigenvalue weighted by atomic mass is 35.5. The molecule has 106 valence electrons. The van der Waals surface area contributed by atoms with Crippen LogP contribution in [0.25, 0.3) is 10.9 Å². The molecule has 0 aliphatic carbocycles. The van der Waals surface area contributed by atoms with E-state index in [9.17, 15) is 0 Å². The van der Waals surface area contributed by atoms with Gasteiger partial charge in [-0.05, 0) is 50.7 Å². The molecule has 1 aliphatic heterocycles. The lowest BCUT2D eigenvalue weighted by molar-refractivity contribution is 0.337. The normalized spacial score (nSPS) is 21.1. The molecular formula is C15H19ClN4. The molecule has 1 aromatic heterocycles. The van der Waals surface area contributed by atoms with E-state index in [2.05, 4.69) is 39.8 Å². The molecule has 1 saturated heterocycles. The highest BCUT2D eigenvalue weighted by Gasteiger charge is 2.23. The van der Waals surface area contributed by atoms with E-state index >= 15 is 0 Å². The third kappa shape index (κ3) is 2.58. The summed E-state index contributed by atoms with van der Waals surface area (Å²) in [5.41, 5.74) is 0.910. The van der Waals surface area contributed by atoms with E-state index < -0.39 is 0 Å². The van der Waals surface area contributed by atoms with Crippen LogP contribution in [-0.4, -0.2) is 47.6 Å². The molecule has 1 fully saturated rings. The quantitative estimate of drug-likeness (QED) is 0.756. The van der Waals surface area contributed by atoms with Crippen molar-refractivity contribution in [2.75, 3.05) is 31.6 Å². The van der Waals surface area contributed by atoms with Gasteiger partial charge in [-0.25, -0.2) is 4.98 Å². The zero-order chi connectivity index (χ0) is 14.1. The Kier molecular flexibility index (Phi) is 3.76. The maximum absolute atomic E-state index is 6.10. The van der Waals surface area contributed by atoms with Crippen molar-refractivity contribution in [2.24, 2.45) is 0 Å². The summed E-state index contributed by atoms with van der Waals surface area (Å²) in [6.45, 7) is 5.41. The number of halogens is 1. The van der Waals surface area contributed by atoms with Gasteiger partial charge >= 0.3 is 0 Å². The molecule has 0 amide bonds. The number of hydrogen-bond donors (Lipinski definition) is 0. The van der Waals surface area contributed by atoms with E-state index in [-0.39, 0.29) is 0 Å². The maximum atomic E-state index is 6.10. The molecule has 0 spiro atoms. The van der Waals surface area contributed by atoms with Crippen molar-refractivity contribution in [2.45, 2.75) is 19.4 Å². The molecule has 0 saturated carbocycles. The van der Waals surface area contributed by atoms with Gasteiger partial charge in [0.25, 0.3) is 0 Å². The van der Waals surface area contributed by atoms with Crippen molar-refractivity contribution in [1.82, 2.24) is 14.9 Å². The van der Waals surface area contributed by atoms with Crippen LogP contribution < -0.4 is 4.90 Å². The Morgan fingerprint density at radius 3 is 2.85 bits per heavy atom. The second-order valence-electron chi connectivity index (χ2n) is 5.49. The third-order valence-corrected chi connectivity index (χ3v) is 4.04. The van der Waals surface area contributed by atoms with Crippen LogP contribution in [-0.2, 0) is 0 Å². The summed E-state index contributed by atoms with van der Waals surface area (Å²) in [7, 11) is 2.17. The van der Waals surface area contributed by atoms with Crippen molar-refractivity contribution in [3.05, 3.63) is 29.5 Å². The first-order chi connectivity index (χ1) is 9.65. The van der Waals surface area contributed by atoms with Crippen molar-refractivity contribution in [1.29, 1.82) is 0 Å². The minimum Gasteiger partial charge on any atom is -0.352 e. The predicted octanol–water partition coefficient (Wildman–Crippen LogP) is 2.81. The highest BCUT2D eigenvalue weighted by molar-refractivity contribution is 6.28. The van der Waals surface area contributed by atoms with Crippen LogP contribution in [0.15, 0.2) is 24.3 Å². The number of hydrogen-bond acceptors (Lipinski definition) is 4. The summed E-state index contributed by atoms with van der Waals surface area (Å²) < 4.78 is 0. The first kappa shape index (κ1) is 13.6. The molecule has 1 aliphatic rings. The summed E-state index contributed by atoms with van der Waals surface area (Å²) in [5.74, 6) is 0.961. The summed E-state index contributed by atoms with van der Waals surface area (Å²) in [5, 5.41) is 1.40. The average molecular weight is 291 g/mol. The molecule has 1 aromatic carbocycles. The monoisotopic (exact) mass is 290 g/mol. The molecule has 1 unspecified atom stereocenters. The van der Waals surface area contributed by atoms with Crippen LogP contribution in [0.5, 0.6) is 0 Å². The number of para-hydroxylation sites is 1. The molecule has 4 nitrogen and oxygen atoms in total. The van der Waals surface area contributed by atoms with Gasteiger partial charge in [0.1, 0.15) is 5.82 Å². The Morgan fingerprint density at radius 2 is 2.00 bits per heavy atom. The number of benzene rings is 1. The first-order valence-corrected chi connectivity index (χ1v) is 7.40. The Morgan fingerprint density at radius 1 is 1.20 bits per heavy atom. The van der Waals surface area contributed by atoms with E-state index in [1.165, 1.54) is 0 Å². The van der Waals surface area contributed by atoms with E-state index in [1.807, 2.05) is 18.2 Å². The summed E-state index contributed by atoms with van der Waals surface area (Å²) in [6, 6.07) is 8.48. The smallest absolute Gasteiger partial charge is 0.224 e. The van der Waals surface area contributed by atoms with Gasteiger partial charge in [-0.3, -0.25) is 0 Å². The molecule has 0 bridgehead atoms. The maximum Gasteiger partial charge on any atom is 0.224 e. The number of rotatable bonds is 1. The molecular weight excluding hydrogens is 272 g/mol. The topological polar surface area (TPSA) is 32.3 Å². The van der Waals surface area contributed by atoms with Crippen LogP contribution >= 0.6 is 11.6 Å². The van der Waals surface area contributed by atoms with Crippen LogP contribution in [0.4, 0.5) is 5.82 Å². The van der Waals surface area contributed by atoms with Crippen LogP contribution in [0.2, 0.25) is 5.28 Å².